The fourth-order valence-corrected chi connectivity index (χ4v) is 1.40. The van der Waals surface area contributed by atoms with E-state index in [1.807, 2.05) is 12.1 Å². The van der Waals surface area contributed by atoms with E-state index >= 15 is 0 Å². The third-order valence-corrected chi connectivity index (χ3v) is 3.14. The van der Waals surface area contributed by atoms with Gasteiger partial charge in [0, 0.05) is 17.8 Å². The Hall–Kier alpha value is -1.18. The second-order valence-electron chi connectivity index (χ2n) is 5.04. The molecule has 0 aliphatic rings. The Kier molecular flexibility index (Phi) is 5.33. The predicted molar refractivity (Wildman–Crippen MR) is 74.7 cm³/mol. The highest BCUT2D eigenvalue weighted by Crippen LogP contribution is 2.20. The van der Waals surface area contributed by atoms with Crippen LogP contribution >= 0.6 is 0 Å². The van der Waals surface area contributed by atoms with Crippen molar-refractivity contribution in [1.82, 2.24) is 0 Å². The highest BCUT2D eigenvalue weighted by Gasteiger charge is 2.07. The summed E-state index contributed by atoms with van der Waals surface area (Å²) in [6, 6.07) is 8.67. The van der Waals surface area contributed by atoms with Gasteiger partial charge in [-0.15, -0.1) is 0 Å². The van der Waals surface area contributed by atoms with Crippen LogP contribution in [0, 0.1) is 5.92 Å². The van der Waals surface area contributed by atoms with E-state index in [-0.39, 0.29) is 6.10 Å². The van der Waals surface area contributed by atoms with Gasteiger partial charge in [0.2, 0.25) is 0 Å². The lowest BCUT2D eigenvalue weighted by atomic mass is 10.1. The van der Waals surface area contributed by atoms with Gasteiger partial charge < -0.3 is 10.1 Å². The molecule has 2 heteroatoms. The minimum atomic E-state index is 0.271. The van der Waals surface area contributed by atoms with Gasteiger partial charge in [0.25, 0.3) is 0 Å². The summed E-state index contributed by atoms with van der Waals surface area (Å²) >= 11 is 0. The van der Waals surface area contributed by atoms with Crippen LogP contribution in [-0.2, 0) is 0 Å². The first-order valence-corrected chi connectivity index (χ1v) is 6.56. The highest BCUT2D eigenvalue weighted by atomic mass is 16.5. The van der Waals surface area contributed by atoms with E-state index in [0.717, 1.165) is 17.9 Å². The van der Waals surface area contributed by atoms with E-state index in [9.17, 15) is 0 Å². The van der Waals surface area contributed by atoms with Crippen LogP contribution < -0.4 is 10.1 Å². The summed E-state index contributed by atoms with van der Waals surface area (Å²) in [5.41, 5.74) is 1.13. The summed E-state index contributed by atoms with van der Waals surface area (Å²) in [7, 11) is 0. The van der Waals surface area contributed by atoms with E-state index in [2.05, 4.69) is 52.1 Å². The van der Waals surface area contributed by atoms with Gasteiger partial charge in [-0.05, 0) is 38.3 Å². The van der Waals surface area contributed by atoms with Crippen molar-refractivity contribution in [3.05, 3.63) is 24.3 Å². The molecule has 96 valence electrons. The molecule has 0 aromatic heterocycles. The third-order valence-electron chi connectivity index (χ3n) is 3.14. The molecule has 1 aromatic carbocycles. The molecule has 0 radical (unpaired) electrons. The number of anilines is 1. The van der Waals surface area contributed by atoms with E-state index < -0.39 is 0 Å². The number of hydrogen-bond acceptors (Lipinski definition) is 2. The van der Waals surface area contributed by atoms with Crippen molar-refractivity contribution < 1.29 is 4.74 Å². The monoisotopic (exact) mass is 235 g/mol. The topological polar surface area (TPSA) is 21.3 Å². The smallest absolute Gasteiger partial charge is 0.121 e. The van der Waals surface area contributed by atoms with Gasteiger partial charge in [-0.1, -0.05) is 26.8 Å². The molecule has 2 atom stereocenters. The maximum absolute atomic E-state index is 5.81. The lowest BCUT2D eigenvalue weighted by Gasteiger charge is -2.20. The van der Waals surface area contributed by atoms with Crippen LogP contribution in [0.4, 0.5) is 5.69 Å². The van der Waals surface area contributed by atoms with Gasteiger partial charge in [-0.25, -0.2) is 0 Å². The van der Waals surface area contributed by atoms with Crippen molar-refractivity contribution in [1.29, 1.82) is 0 Å². The van der Waals surface area contributed by atoms with E-state index in [0.29, 0.717) is 12.0 Å². The zero-order chi connectivity index (χ0) is 12.8. The van der Waals surface area contributed by atoms with Gasteiger partial charge in [0.15, 0.2) is 0 Å². The SMILES string of the molecule is CCC(C)Oc1cccc(NC(C)C(C)C)c1. The quantitative estimate of drug-likeness (QED) is 0.793. The zero-order valence-corrected chi connectivity index (χ0v) is 11.7. The van der Waals surface area contributed by atoms with Crippen LogP contribution in [0.15, 0.2) is 24.3 Å². The maximum atomic E-state index is 5.81. The van der Waals surface area contributed by atoms with Crippen molar-refractivity contribution in [2.45, 2.75) is 53.2 Å². The second kappa shape index (κ2) is 6.53. The Bertz CT molecular complexity index is 335. The van der Waals surface area contributed by atoms with Gasteiger partial charge in [0.05, 0.1) is 6.10 Å². The van der Waals surface area contributed by atoms with Gasteiger partial charge in [-0.2, -0.15) is 0 Å². The molecule has 2 unspecified atom stereocenters. The molecule has 0 bridgehead atoms. The van der Waals surface area contributed by atoms with E-state index in [1.54, 1.807) is 0 Å². The van der Waals surface area contributed by atoms with Crippen LogP contribution in [0.3, 0.4) is 0 Å². The van der Waals surface area contributed by atoms with Crippen LogP contribution in [-0.4, -0.2) is 12.1 Å². The number of hydrogen-bond donors (Lipinski definition) is 1. The average molecular weight is 235 g/mol. The maximum Gasteiger partial charge on any atom is 0.121 e. The first-order chi connectivity index (χ1) is 8.02. The van der Waals surface area contributed by atoms with Crippen LogP contribution in [0.25, 0.3) is 0 Å². The summed E-state index contributed by atoms with van der Waals surface area (Å²) in [6.07, 6.45) is 1.30. The van der Waals surface area contributed by atoms with Crippen molar-refractivity contribution in [3.63, 3.8) is 0 Å². The minimum Gasteiger partial charge on any atom is -0.491 e. The summed E-state index contributed by atoms with van der Waals surface area (Å²) in [5.74, 6) is 1.56. The first kappa shape index (κ1) is 13.9. The Morgan fingerprint density at radius 2 is 1.88 bits per heavy atom. The van der Waals surface area contributed by atoms with Crippen LogP contribution in [0.2, 0.25) is 0 Å². The molecule has 0 amide bonds. The highest BCUT2D eigenvalue weighted by molar-refractivity contribution is 5.48. The molecule has 0 saturated heterocycles. The first-order valence-electron chi connectivity index (χ1n) is 6.56. The van der Waals surface area contributed by atoms with Crippen LogP contribution in [0.1, 0.15) is 41.0 Å². The average Bonchev–Trinajstić information content (AvgIpc) is 2.29. The molecule has 1 aromatic rings. The molecule has 0 aliphatic heterocycles. The molecule has 0 saturated carbocycles. The number of benzene rings is 1. The van der Waals surface area contributed by atoms with Crippen molar-refractivity contribution in [2.24, 2.45) is 5.92 Å². The van der Waals surface area contributed by atoms with Gasteiger partial charge in [-0.3, -0.25) is 0 Å². The van der Waals surface area contributed by atoms with Crippen LogP contribution in [0.5, 0.6) is 5.75 Å². The fourth-order valence-electron chi connectivity index (χ4n) is 1.40. The summed E-state index contributed by atoms with van der Waals surface area (Å²) < 4.78 is 5.81. The molecule has 1 rings (SSSR count). The molecule has 0 spiro atoms. The lowest BCUT2D eigenvalue weighted by molar-refractivity contribution is 0.217. The molecule has 17 heavy (non-hydrogen) atoms. The Balaban J connectivity index is 2.65. The van der Waals surface area contributed by atoms with Gasteiger partial charge >= 0.3 is 0 Å². The predicted octanol–water partition coefficient (Wildman–Crippen LogP) is 4.32. The third kappa shape index (κ3) is 4.68. The normalized spacial score (nSPS) is 14.5. The zero-order valence-electron chi connectivity index (χ0n) is 11.7. The Morgan fingerprint density at radius 3 is 2.47 bits per heavy atom. The van der Waals surface area contributed by atoms with Crippen molar-refractivity contribution in [2.75, 3.05) is 5.32 Å². The van der Waals surface area contributed by atoms with Gasteiger partial charge in [0.1, 0.15) is 5.75 Å². The summed E-state index contributed by atoms with van der Waals surface area (Å²) in [5, 5.41) is 3.49. The largest absolute Gasteiger partial charge is 0.491 e. The molecule has 0 heterocycles. The second-order valence-corrected chi connectivity index (χ2v) is 5.04. The Morgan fingerprint density at radius 1 is 1.18 bits per heavy atom. The molecule has 1 N–H and O–H groups in total. The van der Waals surface area contributed by atoms with Crippen molar-refractivity contribution >= 4 is 5.69 Å². The van der Waals surface area contributed by atoms with E-state index in [4.69, 9.17) is 4.74 Å². The number of rotatable bonds is 6. The molecular formula is C15H25NO. The number of ether oxygens (including phenoxy) is 1. The molecule has 0 fully saturated rings. The lowest BCUT2D eigenvalue weighted by Crippen LogP contribution is -2.21. The summed E-state index contributed by atoms with van der Waals surface area (Å²) in [4.78, 5) is 0. The summed E-state index contributed by atoms with van der Waals surface area (Å²) in [6.45, 7) is 10.9. The molecular weight excluding hydrogens is 210 g/mol. The Labute approximate surface area is 105 Å². The fraction of sp³-hybridized carbons (Fsp3) is 0.600. The molecule has 0 aliphatic carbocycles. The minimum absolute atomic E-state index is 0.271. The van der Waals surface area contributed by atoms with Crippen molar-refractivity contribution in [3.8, 4) is 5.75 Å². The number of nitrogens with one attached hydrogen (secondary N) is 1. The van der Waals surface area contributed by atoms with E-state index in [1.165, 1.54) is 0 Å². The molecule has 2 nitrogen and oxygen atoms in total. The standard InChI is InChI=1S/C15H25NO/c1-6-12(4)17-15-9-7-8-14(10-15)16-13(5)11(2)3/h7-13,16H,6H2,1-5H3.